The lowest BCUT2D eigenvalue weighted by Gasteiger charge is -2.37. The molecular formula is C25H25N3O3. The van der Waals surface area contributed by atoms with Gasteiger partial charge in [0.05, 0.1) is 12.1 Å². The molecule has 0 bridgehead atoms. The Kier molecular flexibility index (Phi) is 6.42. The Morgan fingerprint density at radius 3 is 2.55 bits per heavy atom. The molecule has 1 aromatic rings. The van der Waals surface area contributed by atoms with E-state index < -0.39 is 5.97 Å². The number of ketones is 1. The lowest BCUT2D eigenvalue weighted by atomic mass is 9.72. The minimum absolute atomic E-state index is 0.0156. The molecule has 0 spiro atoms. The third-order valence-electron chi connectivity index (χ3n) is 5.66. The van der Waals surface area contributed by atoms with Crippen LogP contribution in [0.15, 0.2) is 65.4 Å². The number of hydrogen-bond acceptors (Lipinski definition) is 6. The zero-order chi connectivity index (χ0) is 22.6. The van der Waals surface area contributed by atoms with E-state index in [-0.39, 0.29) is 22.9 Å². The Bertz CT molecular complexity index is 1050. The number of benzene rings is 1. The van der Waals surface area contributed by atoms with Crippen molar-refractivity contribution in [3.05, 3.63) is 71.0 Å². The molecule has 1 atom stereocenters. The van der Waals surface area contributed by atoms with Crippen LogP contribution in [0.3, 0.4) is 0 Å². The highest BCUT2D eigenvalue weighted by Crippen LogP contribution is 2.45. The van der Waals surface area contributed by atoms with Crippen LogP contribution >= 0.6 is 0 Å². The van der Waals surface area contributed by atoms with E-state index in [1.54, 1.807) is 30.3 Å². The van der Waals surface area contributed by atoms with Gasteiger partial charge in [0.1, 0.15) is 23.8 Å². The molecule has 1 fully saturated rings. The molecule has 0 radical (unpaired) electrons. The Hall–Kier alpha value is -3.64. The van der Waals surface area contributed by atoms with E-state index in [1.165, 1.54) is 0 Å². The fourth-order valence-electron chi connectivity index (χ4n) is 4.23. The summed E-state index contributed by atoms with van der Waals surface area (Å²) < 4.78 is 5.37. The van der Waals surface area contributed by atoms with E-state index in [0.29, 0.717) is 49.1 Å². The Balaban J connectivity index is 2.04. The molecule has 0 amide bonds. The molecule has 6 nitrogen and oxygen atoms in total. The molecule has 158 valence electrons. The number of likely N-dealkylation sites (tertiary alicyclic amines) is 1. The van der Waals surface area contributed by atoms with Gasteiger partial charge in [-0.15, -0.1) is 0 Å². The van der Waals surface area contributed by atoms with Crippen LogP contribution in [0.5, 0.6) is 0 Å². The molecule has 2 aliphatic rings. The second-order valence-electron chi connectivity index (χ2n) is 8.61. The van der Waals surface area contributed by atoms with Crippen LogP contribution in [0.2, 0.25) is 0 Å². The van der Waals surface area contributed by atoms with Crippen molar-refractivity contribution in [1.82, 2.24) is 4.90 Å². The van der Waals surface area contributed by atoms with Gasteiger partial charge in [0, 0.05) is 30.3 Å². The molecule has 31 heavy (non-hydrogen) atoms. The number of carbonyl (C=O) groups is 2. The first-order valence-corrected chi connectivity index (χ1v) is 10.2. The summed E-state index contributed by atoms with van der Waals surface area (Å²) in [6, 6.07) is 13.0. The van der Waals surface area contributed by atoms with Crippen molar-refractivity contribution >= 4 is 11.8 Å². The van der Waals surface area contributed by atoms with Gasteiger partial charge in [-0.3, -0.25) is 4.79 Å². The average molecular weight is 415 g/mol. The van der Waals surface area contributed by atoms with Crippen LogP contribution < -0.4 is 0 Å². The summed E-state index contributed by atoms with van der Waals surface area (Å²) in [5.74, 6) is -0.840. The second-order valence-corrected chi connectivity index (χ2v) is 8.61. The quantitative estimate of drug-likeness (QED) is 0.311. The van der Waals surface area contributed by atoms with Crippen molar-refractivity contribution in [2.45, 2.75) is 39.2 Å². The number of hydrogen-bond donors (Lipinski definition) is 0. The molecule has 1 aliphatic heterocycles. The summed E-state index contributed by atoms with van der Waals surface area (Å²) in [5.41, 5.74) is 1.89. The predicted octanol–water partition coefficient (Wildman–Crippen LogP) is 4.09. The van der Waals surface area contributed by atoms with E-state index in [4.69, 9.17) is 4.74 Å². The SMILES string of the molecule is C=CC(=O)OC1CCN(C2=C(C#N)/C(=C(\C#N)C(=O)c3ccccc3)CC(C)(C)C2)C1. The number of nitrogens with zero attached hydrogens (tertiary/aromatic N) is 3. The van der Waals surface area contributed by atoms with Gasteiger partial charge in [-0.25, -0.2) is 4.79 Å². The number of rotatable bonds is 5. The first-order valence-electron chi connectivity index (χ1n) is 10.2. The van der Waals surface area contributed by atoms with Crippen LogP contribution in [0.4, 0.5) is 0 Å². The van der Waals surface area contributed by atoms with Crippen molar-refractivity contribution in [2.75, 3.05) is 13.1 Å². The monoisotopic (exact) mass is 415 g/mol. The number of Topliss-reactive ketones (excluding diaryl/α,β-unsaturated/α-hetero) is 1. The van der Waals surface area contributed by atoms with Gasteiger partial charge in [-0.05, 0) is 23.8 Å². The number of carbonyl (C=O) groups excluding carboxylic acids is 2. The lowest BCUT2D eigenvalue weighted by molar-refractivity contribution is -0.142. The molecule has 1 heterocycles. The second kappa shape index (κ2) is 9.02. The molecule has 1 aromatic carbocycles. The van der Waals surface area contributed by atoms with E-state index >= 15 is 0 Å². The zero-order valence-electron chi connectivity index (χ0n) is 17.9. The molecule has 1 aliphatic carbocycles. The summed E-state index contributed by atoms with van der Waals surface area (Å²) in [6.45, 7) is 8.66. The number of allylic oxidation sites excluding steroid dienone is 4. The zero-order valence-corrected chi connectivity index (χ0v) is 17.9. The van der Waals surface area contributed by atoms with Crippen molar-refractivity contribution in [1.29, 1.82) is 10.5 Å². The molecule has 0 N–H and O–H groups in total. The van der Waals surface area contributed by atoms with E-state index in [1.807, 2.05) is 4.90 Å². The number of esters is 1. The van der Waals surface area contributed by atoms with Crippen LogP contribution in [-0.2, 0) is 9.53 Å². The van der Waals surface area contributed by atoms with Crippen LogP contribution in [0.1, 0.15) is 43.5 Å². The average Bonchev–Trinajstić information content (AvgIpc) is 3.22. The van der Waals surface area contributed by atoms with E-state index in [9.17, 15) is 20.1 Å². The van der Waals surface area contributed by atoms with Gasteiger partial charge in [-0.2, -0.15) is 10.5 Å². The minimum Gasteiger partial charge on any atom is -0.457 e. The largest absolute Gasteiger partial charge is 0.457 e. The third-order valence-corrected chi connectivity index (χ3v) is 5.66. The minimum atomic E-state index is -0.467. The van der Waals surface area contributed by atoms with Crippen molar-refractivity contribution in [3.63, 3.8) is 0 Å². The Labute approximate surface area is 182 Å². The van der Waals surface area contributed by atoms with Gasteiger partial charge in [0.25, 0.3) is 0 Å². The van der Waals surface area contributed by atoms with E-state index in [2.05, 4.69) is 32.6 Å². The summed E-state index contributed by atoms with van der Waals surface area (Å²) in [4.78, 5) is 26.7. The standard InChI is InChI=1S/C25H25N3O3/c1-4-23(29)31-18-10-11-28(16-18)22-13-25(2,3)12-19(20(22)14-26)21(15-27)24(30)17-8-6-5-7-9-17/h4-9,18H,1,10-13,16H2,2-3H3/b21-19+. The predicted molar refractivity (Wildman–Crippen MR) is 115 cm³/mol. The van der Waals surface area contributed by atoms with Gasteiger partial charge in [0.15, 0.2) is 0 Å². The molecule has 1 unspecified atom stereocenters. The first kappa shape index (κ1) is 22.1. The highest BCUT2D eigenvalue weighted by Gasteiger charge is 2.38. The Morgan fingerprint density at radius 2 is 1.94 bits per heavy atom. The molecule has 1 saturated heterocycles. The van der Waals surface area contributed by atoms with Crippen LogP contribution in [0, 0.1) is 28.1 Å². The van der Waals surface area contributed by atoms with Crippen molar-refractivity contribution in [2.24, 2.45) is 5.41 Å². The van der Waals surface area contributed by atoms with Gasteiger partial charge in [-0.1, -0.05) is 50.8 Å². The fourth-order valence-corrected chi connectivity index (χ4v) is 4.23. The summed E-state index contributed by atoms with van der Waals surface area (Å²) >= 11 is 0. The van der Waals surface area contributed by atoms with Crippen LogP contribution in [0.25, 0.3) is 0 Å². The molecule has 0 aromatic heterocycles. The van der Waals surface area contributed by atoms with E-state index in [0.717, 1.165) is 11.8 Å². The van der Waals surface area contributed by atoms with Gasteiger partial charge in [0.2, 0.25) is 5.78 Å². The van der Waals surface area contributed by atoms with Gasteiger partial charge < -0.3 is 9.64 Å². The number of nitriles is 2. The van der Waals surface area contributed by atoms with Crippen LogP contribution in [-0.4, -0.2) is 35.8 Å². The number of ether oxygens (including phenoxy) is 1. The highest BCUT2D eigenvalue weighted by atomic mass is 16.5. The van der Waals surface area contributed by atoms with Gasteiger partial charge >= 0.3 is 5.97 Å². The molecule has 6 heteroatoms. The topological polar surface area (TPSA) is 94.2 Å². The van der Waals surface area contributed by atoms with Crippen molar-refractivity contribution < 1.29 is 14.3 Å². The molecular weight excluding hydrogens is 390 g/mol. The summed E-state index contributed by atoms with van der Waals surface area (Å²) in [6.07, 6.45) is 2.61. The fraction of sp³-hybridized carbons (Fsp3) is 0.360. The molecule has 0 saturated carbocycles. The Morgan fingerprint density at radius 1 is 1.23 bits per heavy atom. The smallest absolute Gasteiger partial charge is 0.330 e. The third kappa shape index (κ3) is 4.75. The molecule has 3 rings (SSSR count). The lowest BCUT2D eigenvalue weighted by Crippen LogP contribution is -2.32. The first-order chi connectivity index (χ1) is 14.8. The normalized spacial score (nSPS) is 21.7. The van der Waals surface area contributed by atoms with Crippen molar-refractivity contribution in [3.8, 4) is 12.1 Å². The maximum Gasteiger partial charge on any atom is 0.330 e. The maximum atomic E-state index is 13.1. The maximum absolute atomic E-state index is 13.1. The summed E-state index contributed by atoms with van der Waals surface area (Å²) in [5, 5.41) is 19.9. The summed E-state index contributed by atoms with van der Waals surface area (Å²) in [7, 11) is 0. The highest BCUT2D eigenvalue weighted by molar-refractivity contribution is 6.12.